The van der Waals surface area contributed by atoms with Gasteiger partial charge in [-0.25, -0.2) is 4.99 Å². The fraction of sp³-hybridized carbons (Fsp3) is 0.208. The van der Waals surface area contributed by atoms with Crippen molar-refractivity contribution in [3.8, 4) is 17.2 Å². The molecule has 0 atom stereocenters. The third-order valence-corrected chi connectivity index (χ3v) is 4.17. The molecule has 0 aliphatic rings. The Balaban J connectivity index is 1.81. The van der Waals surface area contributed by atoms with E-state index in [0.717, 1.165) is 17.0 Å². The van der Waals surface area contributed by atoms with Gasteiger partial charge in [0.15, 0.2) is 17.3 Å². The monoisotopic (exact) mass is 418 g/mol. The Kier molecular flexibility index (Phi) is 7.99. The lowest BCUT2D eigenvalue weighted by atomic mass is 10.2. The number of nitrogens with zero attached hydrogens (tertiary/aromatic N) is 3. The van der Waals surface area contributed by atoms with Crippen LogP contribution in [0.4, 0.5) is 5.69 Å². The summed E-state index contributed by atoms with van der Waals surface area (Å²) in [6.45, 7) is 5.07. The maximum Gasteiger partial charge on any atom is 0.172 e. The maximum absolute atomic E-state index is 5.55. The van der Waals surface area contributed by atoms with Crippen molar-refractivity contribution in [3.63, 3.8) is 0 Å². The van der Waals surface area contributed by atoms with Crippen molar-refractivity contribution in [2.24, 2.45) is 10.1 Å². The molecule has 0 fully saturated rings. The summed E-state index contributed by atoms with van der Waals surface area (Å²) in [5.41, 5.74) is 5.30. The van der Waals surface area contributed by atoms with Gasteiger partial charge >= 0.3 is 0 Å². The number of hydrogen-bond acceptors (Lipinski definition) is 6. The topological polar surface area (TPSA) is 77.3 Å². The van der Waals surface area contributed by atoms with Gasteiger partial charge in [-0.2, -0.15) is 5.10 Å². The van der Waals surface area contributed by atoms with Gasteiger partial charge in [-0.1, -0.05) is 6.07 Å². The first-order valence-electron chi connectivity index (χ1n) is 10.1. The normalized spacial score (nSPS) is 11.4. The molecule has 1 heterocycles. The van der Waals surface area contributed by atoms with Gasteiger partial charge in [0.05, 0.1) is 32.2 Å². The minimum Gasteiger partial charge on any atom is -0.494 e. The summed E-state index contributed by atoms with van der Waals surface area (Å²) in [5.74, 6) is 2.68. The number of aromatic nitrogens is 1. The molecular formula is C24H26N4O3. The van der Waals surface area contributed by atoms with Gasteiger partial charge in [0.1, 0.15) is 11.4 Å². The third-order valence-electron chi connectivity index (χ3n) is 4.17. The van der Waals surface area contributed by atoms with Crippen LogP contribution in [0.1, 0.15) is 25.1 Å². The second-order valence-electron chi connectivity index (χ2n) is 6.32. The summed E-state index contributed by atoms with van der Waals surface area (Å²) < 4.78 is 16.4. The number of hydrogen-bond donors (Lipinski definition) is 1. The quantitative estimate of drug-likeness (QED) is 0.312. The van der Waals surface area contributed by atoms with Crippen LogP contribution < -0.4 is 19.6 Å². The summed E-state index contributed by atoms with van der Waals surface area (Å²) in [7, 11) is 1.61. The zero-order chi connectivity index (χ0) is 21.9. The molecule has 0 radical (unpaired) electrons. The lowest BCUT2D eigenvalue weighted by molar-refractivity contribution is 0.311. The van der Waals surface area contributed by atoms with Crippen LogP contribution in [0.5, 0.6) is 17.2 Å². The maximum atomic E-state index is 5.55. The molecule has 0 unspecified atom stereocenters. The Morgan fingerprint density at radius 3 is 2.45 bits per heavy atom. The molecule has 1 N–H and O–H groups in total. The van der Waals surface area contributed by atoms with Crippen LogP contribution in [0.25, 0.3) is 0 Å². The van der Waals surface area contributed by atoms with Crippen LogP contribution in [0.3, 0.4) is 0 Å². The predicted molar refractivity (Wildman–Crippen MR) is 123 cm³/mol. The molecule has 31 heavy (non-hydrogen) atoms. The van der Waals surface area contributed by atoms with E-state index in [-0.39, 0.29) is 0 Å². The summed E-state index contributed by atoms with van der Waals surface area (Å²) >= 11 is 0. The average molecular weight is 418 g/mol. The van der Waals surface area contributed by atoms with Gasteiger partial charge in [0.2, 0.25) is 0 Å². The highest BCUT2D eigenvalue weighted by atomic mass is 16.5. The molecule has 3 aromatic rings. The summed E-state index contributed by atoms with van der Waals surface area (Å²) in [6.07, 6.45) is 3.40. The third kappa shape index (κ3) is 6.30. The molecule has 0 bridgehead atoms. The summed E-state index contributed by atoms with van der Waals surface area (Å²) in [4.78, 5) is 9.04. The molecule has 0 spiro atoms. The Labute approximate surface area is 182 Å². The minimum atomic E-state index is 0.527. The first kappa shape index (κ1) is 21.8. The Hall–Kier alpha value is -3.87. The van der Waals surface area contributed by atoms with E-state index < -0.39 is 0 Å². The van der Waals surface area contributed by atoms with Crippen molar-refractivity contribution in [2.75, 3.05) is 20.3 Å². The molecule has 0 aliphatic carbocycles. The smallest absolute Gasteiger partial charge is 0.172 e. The van der Waals surface area contributed by atoms with E-state index in [4.69, 9.17) is 14.2 Å². The first-order valence-corrected chi connectivity index (χ1v) is 10.1. The first-order chi connectivity index (χ1) is 15.2. The number of hydrazone groups is 1. The number of benzene rings is 2. The fourth-order valence-electron chi connectivity index (χ4n) is 2.76. The second-order valence-corrected chi connectivity index (χ2v) is 6.32. The highest BCUT2D eigenvalue weighted by molar-refractivity contribution is 5.99. The van der Waals surface area contributed by atoms with Crippen LogP contribution in [-0.2, 0) is 0 Å². The molecule has 3 rings (SSSR count). The molecular weight excluding hydrogens is 392 g/mol. The van der Waals surface area contributed by atoms with Crippen LogP contribution in [0.15, 0.2) is 77.0 Å². The molecule has 0 amide bonds. The summed E-state index contributed by atoms with van der Waals surface area (Å²) in [6, 6.07) is 18.8. The highest BCUT2D eigenvalue weighted by Gasteiger charge is 2.06. The molecule has 7 nitrogen and oxygen atoms in total. The highest BCUT2D eigenvalue weighted by Crippen LogP contribution is 2.27. The Morgan fingerprint density at radius 1 is 0.968 bits per heavy atom. The van der Waals surface area contributed by atoms with Crippen molar-refractivity contribution < 1.29 is 14.2 Å². The largest absolute Gasteiger partial charge is 0.494 e. The SMILES string of the molecule is CCOc1ccc(N=C(NN=Cc2ccc(OCC)c(OC)c2)c2ccccn2)cc1. The van der Waals surface area contributed by atoms with E-state index in [1.165, 1.54) is 0 Å². The second kappa shape index (κ2) is 11.3. The van der Waals surface area contributed by atoms with Crippen LogP contribution in [-0.4, -0.2) is 37.4 Å². The van der Waals surface area contributed by atoms with Crippen molar-refractivity contribution in [1.82, 2.24) is 10.4 Å². The number of aliphatic imine (C=N–C) groups is 1. The number of pyridine rings is 1. The lowest BCUT2D eigenvalue weighted by Crippen LogP contribution is -2.20. The molecule has 0 saturated heterocycles. The Morgan fingerprint density at radius 2 is 1.77 bits per heavy atom. The van der Waals surface area contributed by atoms with E-state index in [2.05, 4.69) is 20.5 Å². The minimum absolute atomic E-state index is 0.527. The van der Waals surface area contributed by atoms with Gasteiger partial charge in [0, 0.05) is 6.20 Å². The summed E-state index contributed by atoms with van der Waals surface area (Å²) in [5, 5.41) is 4.35. The van der Waals surface area contributed by atoms with Crippen LogP contribution >= 0.6 is 0 Å². The van der Waals surface area contributed by atoms with E-state index >= 15 is 0 Å². The molecule has 0 saturated carbocycles. The van der Waals surface area contributed by atoms with Crippen LogP contribution in [0.2, 0.25) is 0 Å². The van der Waals surface area contributed by atoms with Crippen LogP contribution in [0, 0.1) is 0 Å². The van der Waals surface area contributed by atoms with E-state index in [9.17, 15) is 0 Å². The standard InChI is InChI=1S/C24H26N4O3/c1-4-30-20-12-10-19(11-13-20)27-24(21-8-6-7-15-25-21)28-26-17-18-9-14-22(31-5-2)23(16-18)29-3/h6-17H,4-5H2,1-3H3,(H,27,28). The number of methoxy groups -OCH3 is 1. The number of nitrogens with one attached hydrogen (secondary N) is 1. The number of amidine groups is 1. The van der Waals surface area contributed by atoms with Crippen molar-refractivity contribution in [1.29, 1.82) is 0 Å². The average Bonchev–Trinajstić information content (AvgIpc) is 2.81. The predicted octanol–water partition coefficient (Wildman–Crippen LogP) is 4.59. The number of rotatable bonds is 9. The van der Waals surface area contributed by atoms with E-state index in [0.29, 0.717) is 36.2 Å². The zero-order valence-corrected chi connectivity index (χ0v) is 17.9. The van der Waals surface area contributed by atoms with Crippen molar-refractivity contribution in [3.05, 3.63) is 78.1 Å². The van der Waals surface area contributed by atoms with Gasteiger partial charge in [0.25, 0.3) is 0 Å². The van der Waals surface area contributed by atoms with Gasteiger partial charge in [-0.3, -0.25) is 10.4 Å². The molecule has 7 heteroatoms. The lowest BCUT2D eigenvalue weighted by Gasteiger charge is -2.09. The van der Waals surface area contributed by atoms with E-state index in [1.807, 2.05) is 74.5 Å². The van der Waals surface area contributed by atoms with Gasteiger partial charge in [-0.05, 0) is 74.0 Å². The molecule has 0 aliphatic heterocycles. The van der Waals surface area contributed by atoms with Gasteiger partial charge in [-0.15, -0.1) is 0 Å². The van der Waals surface area contributed by atoms with Crippen molar-refractivity contribution in [2.45, 2.75) is 13.8 Å². The van der Waals surface area contributed by atoms with Gasteiger partial charge < -0.3 is 14.2 Å². The zero-order valence-electron chi connectivity index (χ0n) is 17.9. The Bertz CT molecular complexity index is 1020. The molecule has 1 aromatic heterocycles. The number of ether oxygens (including phenoxy) is 3. The van der Waals surface area contributed by atoms with Crippen molar-refractivity contribution >= 4 is 17.7 Å². The fourth-order valence-corrected chi connectivity index (χ4v) is 2.76. The molecule has 160 valence electrons. The molecule has 2 aromatic carbocycles. The van der Waals surface area contributed by atoms with E-state index in [1.54, 1.807) is 19.5 Å².